The van der Waals surface area contributed by atoms with Crippen molar-refractivity contribution in [1.82, 2.24) is 29.8 Å². The highest BCUT2D eigenvalue weighted by Gasteiger charge is 2.19. The van der Waals surface area contributed by atoms with Gasteiger partial charge in [0.05, 0.1) is 12.5 Å². The van der Waals surface area contributed by atoms with Crippen LogP contribution in [0, 0.1) is 19.7 Å². The van der Waals surface area contributed by atoms with Crippen LogP contribution >= 0.6 is 11.8 Å². The van der Waals surface area contributed by atoms with Crippen LogP contribution in [-0.4, -0.2) is 57.3 Å². The Balaban J connectivity index is 1.74. The van der Waals surface area contributed by atoms with Crippen molar-refractivity contribution < 1.29 is 9.18 Å². The molecule has 0 spiro atoms. The quantitative estimate of drug-likeness (QED) is 0.597. The van der Waals surface area contributed by atoms with Crippen molar-refractivity contribution in [1.29, 1.82) is 0 Å². The fourth-order valence-corrected chi connectivity index (χ4v) is 3.61. The van der Waals surface area contributed by atoms with Crippen molar-refractivity contribution in [3.8, 4) is 0 Å². The van der Waals surface area contributed by atoms with Crippen LogP contribution in [0.1, 0.15) is 28.6 Å². The summed E-state index contributed by atoms with van der Waals surface area (Å²) in [5.74, 6) is 0.127. The van der Waals surface area contributed by atoms with Gasteiger partial charge in [-0.2, -0.15) is 4.98 Å². The number of amides is 1. The summed E-state index contributed by atoms with van der Waals surface area (Å²) in [6.45, 7) is 4.17. The lowest BCUT2D eigenvalue weighted by Gasteiger charge is -2.25. The van der Waals surface area contributed by atoms with Gasteiger partial charge in [-0.05, 0) is 51.9 Å². The summed E-state index contributed by atoms with van der Waals surface area (Å²) < 4.78 is 15.3. The highest BCUT2D eigenvalue weighted by Crippen LogP contribution is 2.19. The van der Waals surface area contributed by atoms with E-state index in [4.69, 9.17) is 0 Å². The SMILES string of the molecule is CSc1nc2nc(C)c(CC(=O)NCC(c3cccc(F)c3)N(C)C)c(C)n2n1. The molecule has 1 aromatic carbocycles. The van der Waals surface area contributed by atoms with Gasteiger partial charge in [0.1, 0.15) is 5.82 Å². The van der Waals surface area contributed by atoms with Gasteiger partial charge in [0, 0.05) is 23.5 Å². The Morgan fingerprint density at radius 2 is 2.07 bits per heavy atom. The largest absolute Gasteiger partial charge is 0.354 e. The van der Waals surface area contributed by atoms with Gasteiger partial charge in [0.25, 0.3) is 5.78 Å². The number of carbonyl (C=O) groups excluding carboxylic acids is 1. The predicted molar refractivity (Wildman–Crippen MR) is 112 cm³/mol. The molecule has 9 heteroatoms. The molecule has 0 saturated heterocycles. The Morgan fingerprint density at radius 3 is 2.72 bits per heavy atom. The first-order chi connectivity index (χ1) is 13.8. The molecule has 0 aliphatic carbocycles. The summed E-state index contributed by atoms with van der Waals surface area (Å²) in [4.78, 5) is 23.5. The third kappa shape index (κ3) is 4.73. The number of nitrogens with zero attached hydrogens (tertiary/aromatic N) is 5. The number of nitrogens with one attached hydrogen (secondary N) is 1. The predicted octanol–water partition coefficient (Wildman–Crippen LogP) is 2.56. The number of carbonyl (C=O) groups is 1. The molecule has 1 amide bonds. The van der Waals surface area contributed by atoms with Crippen molar-refractivity contribution >= 4 is 23.4 Å². The zero-order valence-electron chi connectivity index (χ0n) is 17.2. The van der Waals surface area contributed by atoms with Crippen LogP contribution in [0.2, 0.25) is 0 Å². The van der Waals surface area contributed by atoms with Crippen molar-refractivity contribution in [3.63, 3.8) is 0 Å². The van der Waals surface area contributed by atoms with E-state index in [0.717, 1.165) is 22.5 Å². The topological polar surface area (TPSA) is 75.4 Å². The van der Waals surface area contributed by atoms with Crippen LogP contribution in [0.15, 0.2) is 29.4 Å². The Bertz CT molecular complexity index is 1040. The molecular weight excluding hydrogens is 391 g/mol. The van der Waals surface area contributed by atoms with Crippen LogP contribution in [0.4, 0.5) is 4.39 Å². The van der Waals surface area contributed by atoms with Crippen LogP contribution < -0.4 is 5.32 Å². The van der Waals surface area contributed by atoms with Gasteiger partial charge >= 0.3 is 0 Å². The molecule has 0 saturated carbocycles. The summed E-state index contributed by atoms with van der Waals surface area (Å²) in [6.07, 6.45) is 2.10. The summed E-state index contributed by atoms with van der Waals surface area (Å²) in [5, 5.41) is 8.03. The fourth-order valence-electron chi connectivity index (χ4n) is 3.28. The van der Waals surface area contributed by atoms with Crippen molar-refractivity contribution in [2.45, 2.75) is 31.5 Å². The van der Waals surface area contributed by atoms with E-state index < -0.39 is 0 Å². The minimum Gasteiger partial charge on any atom is -0.354 e. The number of benzene rings is 1. The van der Waals surface area contributed by atoms with E-state index >= 15 is 0 Å². The van der Waals surface area contributed by atoms with Crippen molar-refractivity contribution in [2.24, 2.45) is 0 Å². The zero-order valence-corrected chi connectivity index (χ0v) is 18.0. The number of hydrogen-bond acceptors (Lipinski definition) is 6. The molecule has 3 aromatic rings. The van der Waals surface area contributed by atoms with E-state index in [2.05, 4.69) is 20.4 Å². The number of fused-ring (bicyclic) bond motifs is 1. The second kappa shape index (κ2) is 8.87. The second-order valence-electron chi connectivity index (χ2n) is 7.09. The molecule has 1 unspecified atom stereocenters. The Hall–Kier alpha value is -2.52. The molecule has 1 N–H and O–H groups in total. The summed E-state index contributed by atoms with van der Waals surface area (Å²) in [6, 6.07) is 6.32. The van der Waals surface area contributed by atoms with Gasteiger partial charge in [0.2, 0.25) is 11.1 Å². The maximum absolute atomic E-state index is 13.6. The fraction of sp³-hybridized carbons (Fsp3) is 0.400. The minimum absolute atomic E-state index is 0.120. The molecule has 1 atom stereocenters. The number of thioether (sulfide) groups is 1. The van der Waals surface area contributed by atoms with Gasteiger partial charge in [0.15, 0.2) is 0 Å². The number of likely N-dealkylation sites (N-methyl/N-ethyl adjacent to an activating group) is 1. The number of rotatable bonds is 7. The summed E-state index contributed by atoms with van der Waals surface area (Å²) in [7, 11) is 3.81. The lowest BCUT2D eigenvalue weighted by atomic mass is 10.1. The second-order valence-corrected chi connectivity index (χ2v) is 7.86. The normalized spacial score (nSPS) is 12.5. The summed E-state index contributed by atoms with van der Waals surface area (Å²) >= 11 is 1.45. The van der Waals surface area contributed by atoms with E-state index in [0.29, 0.717) is 17.5 Å². The van der Waals surface area contributed by atoms with E-state index in [1.165, 1.54) is 23.9 Å². The van der Waals surface area contributed by atoms with Crippen LogP contribution in [0.5, 0.6) is 0 Å². The molecular formula is C20H25FN6OS. The van der Waals surface area contributed by atoms with E-state index in [1.54, 1.807) is 10.6 Å². The van der Waals surface area contributed by atoms with E-state index in [-0.39, 0.29) is 24.2 Å². The average molecular weight is 417 g/mol. The van der Waals surface area contributed by atoms with Crippen LogP contribution in [0.3, 0.4) is 0 Å². The van der Waals surface area contributed by atoms with Crippen molar-refractivity contribution in [2.75, 3.05) is 26.9 Å². The van der Waals surface area contributed by atoms with Gasteiger partial charge in [-0.1, -0.05) is 23.9 Å². The molecule has 0 radical (unpaired) electrons. The monoisotopic (exact) mass is 416 g/mol. The molecule has 0 aliphatic heterocycles. The third-order valence-electron chi connectivity index (χ3n) is 4.90. The number of aromatic nitrogens is 4. The average Bonchev–Trinajstić information content (AvgIpc) is 3.08. The lowest BCUT2D eigenvalue weighted by molar-refractivity contribution is -0.120. The van der Waals surface area contributed by atoms with Gasteiger partial charge in [-0.3, -0.25) is 4.79 Å². The molecule has 2 aromatic heterocycles. The first-order valence-corrected chi connectivity index (χ1v) is 10.5. The molecule has 0 aliphatic rings. The lowest BCUT2D eigenvalue weighted by Crippen LogP contribution is -2.35. The van der Waals surface area contributed by atoms with Gasteiger partial charge < -0.3 is 10.2 Å². The Labute approximate surface area is 173 Å². The molecule has 29 heavy (non-hydrogen) atoms. The van der Waals surface area contributed by atoms with Crippen LogP contribution in [-0.2, 0) is 11.2 Å². The molecule has 0 bridgehead atoms. The summed E-state index contributed by atoms with van der Waals surface area (Å²) in [5.41, 5.74) is 3.27. The van der Waals surface area contributed by atoms with E-state index in [9.17, 15) is 9.18 Å². The minimum atomic E-state index is -0.288. The molecule has 154 valence electrons. The maximum atomic E-state index is 13.6. The molecule has 7 nitrogen and oxygen atoms in total. The van der Waals surface area contributed by atoms with E-state index in [1.807, 2.05) is 45.2 Å². The molecule has 3 rings (SSSR count). The highest BCUT2D eigenvalue weighted by atomic mass is 32.2. The number of aryl methyl sites for hydroxylation is 2. The third-order valence-corrected chi connectivity index (χ3v) is 5.44. The molecule has 0 fully saturated rings. The smallest absolute Gasteiger partial charge is 0.253 e. The maximum Gasteiger partial charge on any atom is 0.253 e. The zero-order chi connectivity index (χ0) is 21.1. The standard InChI is InChI=1S/C20H25FN6OS/c1-12-16(13(2)27-19(23-12)24-20(25-27)29-5)10-18(28)22-11-17(26(3)4)14-7-6-8-15(21)9-14/h6-9,17H,10-11H2,1-5H3,(H,22,28). The first-order valence-electron chi connectivity index (χ1n) is 9.25. The number of hydrogen-bond donors (Lipinski definition) is 1. The van der Waals surface area contributed by atoms with Crippen LogP contribution in [0.25, 0.3) is 5.78 Å². The Morgan fingerprint density at radius 1 is 1.31 bits per heavy atom. The Kier molecular flexibility index (Phi) is 6.49. The van der Waals surface area contributed by atoms with Gasteiger partial charge in [-0.25, -0.2) is 13.9 Å². The highest BCUT2D eigenvalue weighted by molar-refractivity contribution is 7.98. The molecule has 2 heterocycles. The first kappa shape index (κ1) is 21.2. The number of halogens is 1. The van der Waals surface area contributed by atoms with Crippen molar-refractivity contribution in [3.05, 3.63) is 52.6 Å². The van der Waals surface area contributed by atoms with Gasteiger partial charge in [-0.15, -0.1) is 5.10 Å².